The van der Waals surface area contributed by atoms with E-state index in [2.05, 4.69) is 49.3 Å². The minimum atomic E-state index is 0.515. The minimum absolute atomic E-state index is 0.515. The number of hydrogen-bond donors (Lipinski definition) is 1. The molecule has 6 nitrogen and oxygen atoms in total. The lowest BCUT2D eigenvalue weighted by molar-refractivity contribution is 0.470. The van der Waals surface area contributed by atoms with Gasteiger partial charge in [-0.2, -0.15) is 5.10 Å². The van der Waals surface area contributed by atoms with Gasteiger partial charge >= 0.3 is 0 Å². The molecule has 3 heterocycles. The van der Waals surface area contributed by atoms with Gasteiger partial charge in [0.05, 0.1) is 29.5 Å². The van der Waals surface area contributed by atoms with E-state index in [4.69, 9.17) is 5.10 Å². The Morgan fingerprint density at radius 3 is 2.87 bits per heavy atom. The quantitative estimate of drug-likeness (QED) is 0.785. The summed E-state index contributed by atoms with van der Waals surface area (Å²) in [4.78, 5) is 11.1. The average molecular weight is 306 g/mol. The molecule has 1 aliphatic carbocycles. The zero-order valence-corrected chi connectivity index (χ0v) is 12.8. The van der Waals surface area contributed by atoms with Crippen LogP contribution in [0.4, 0.5) is 17.2 Å². The molecule has 6 heteroatoms. The summed E-state index contributed by atoms with van der Waals surface area (Å²) in [6.45, 7) is 0.722. The Morgan fingerprint density at radius 2 is 1.96 bits per heavy atom. The summed E-state index contributed by atoms with van der Waals surface area (Å²) < 4.78 is 2.10. The molecule has 0 saturated heterocycles. The van der Waals surface area contributed by atoms with E-state index in [0.717, 1.165) is 34.9 Å². The van der Waals surface area contributed by atoms with Gasteiger partial charge in [0.2, 0.25) is 0 Å². The summed E-state index contributed by atoms with van der Waals surface area (Å²) in [6.07, 6.45) is 8.76. The predicted molar refractivity (Wildman–Crippen MR) is 89.9 cm³/mol. The van der Waals surface area contributed by atoms with Gasteiger partial charge in [-0.15, -0.1) is 0 Å². The average Bonchev–Trinajstić information content (AvgIpc) is 3.32. The highest BCUT2D eigenvalue weighted by molar-refractivity contribution is 5.92. The molecule has 5 rings (SSSR count). The highest BCUT2D eigenvalue weighted by atomic mass is 15.3. The molecule has 1 N–H and O–H groups in total. The first-order valence-corrected chi connectivity index (χ1v) is 8.20. The third-order valence-corrected chi connectivity index (χ3v) is 4.89. The third-order valence-electron chi connectivity index (χ3n) is 4.89. The van der Waals surface area contributed by atoms with Crippen LogP contribution in [0.15, 0.2) is 36.8 Å². The Labute approximate surface area is 134 Å². The number of nitrogens with one attached hydrogen (secondary N) is 1. The second-order valence-corrected chi connectivity index (χ2v) is 6.26. The summed E-state index contributed by atoms with van der Waals surface area (Å²) >= 11 is 0. The molecule has 1 saturated carbocycles. The van der Waals surface area contributed by atoms with Crippen LogP contribution in [0.2, 0.25) is 0 Å². The Kier molecular flexibility index (Phi) is 2.76. The van der Waals surface area contributed by atoms with Gasteiger partial charge in [-0.25, -0.2) is 9.97 Å². The van der Waals surface area contributed by atoms with E-state index in [0.29, 0.717) is 6.04 Å². The standard InChI is InChI=1S/C17H18N6/c1-2-6-12(5-1)23-9-13-16(21-23)18-10-19-17(13)22-11-20-14-7-3-4-8-15(14)22/h3-4,7-10,12,20H,1-2,5-6,11H2. The maximum absolute atomic E-state index is 4.70. The minimum Gasteiger partial charge on any atom is -0.366 e. The highest BCUT2D eigenvalue weighted by Crippen LogP contribution is 2.38. The number of nitrogens with zero attached hydrogens (tertiary/aromatic N) is 5. The SMILES string of the molecule is c1ccc2c(c1)NCN2c1ncnc2nn(C3CCCC3)cc12. The molecule has 0 amide bonds. The Hall–Kier alpha value is -2.63. The number of fused-ring (bicyclic) bond motifs is 2. The van der Waals surface area contributed by atoms with Crippen molar-refractivity contribution in [2.24, 2.45) is 0 Å². The van der Waals surface area contributed by atoms with Crippen molar-refractivity contribution in [3.05, 3.63) is 36.8 Å². The monoisotopic (exact) mass is 306 g/mol. The van der Waals surface area contributed by atoms with Crippen LogP contribution in [-0.2, 0) is 0 Å². The van der Waals surface area contributed by atoms with Crippen LogP contribution in [-0.4, -0.2) is 26.4 Å². The van der Waals surface area contributed by atoms with E-state index < -0.39 is 0 Å². The smallest absolute Gasteiger partial charge is 0.186 e. The van der Waals surface area contributed by atoms with E-state index >= 15 is 0 Å². The summed E-state index contributed by atoms with van der Waals surface area (Å²) in [5.74, 6) is 0.927. The van der Waals surface area contributed by atoms with Gasteiger partial charge < -0.3 is 10.2 Å². The van der Waals surface area contributed by atoms with Gasteiger partial charge in [0.25, 0.3) is 0 Å². The molecular formula is C17H18N6. The summed E-state index contributed by atoms with van der Waals surface area (Å²) in [5, 5.41) is 9.14. The van der Waals surface area contributed by atoms with Crippen molar-refractivity contribution in [3.8, 4) is 0 Å². The van der Waals surface area contributed by atoms with Crippen molar-refractivity contribution >= 4 is 28.2 Å². The summed E-state index contributed by atoms with van der Waals surface area (Å²) in [5.41, 5.74) is 3.08. The molecule has 0 unspecified atom stereocenters. The fraction of sp³-hybridized carbons (Fsp3) is 0.353. The van der Waals surface area contributed by atoms with Crippen molar-refractivity contribution in [1.29, 1.82) is 0 Å². The van der Waals surface area contributed by atoms with Gasteiger partial charge in [0, 0.05) is 6.20 Å². The molecule has 0 spiro atoms. The van der Waals surface area contributed by atoms with Gasteiger partial charge in [-0.3, -0.25) is 4.68 Å². The van der Waals surface area contributed by atoms with Crippen molar-refractivity contribution in [1.82, 2.24) is 19.7 Å². The van der Waals surface area contributed by atoms with Crippen LogP contribution < -0.4 is 10.2 Å². The Bertz CT molecular complexity index is 864. The van der Waals surface area contributed by atoms with Crippen LogP contribution in [0, 0.1) is 0 Å². The first-order valence-electron chi connectivity index (χ1n) is 8.20. The molecule has 1 aromatic carbocycles. The van der Waals surface area contributed by atoms with Crippen LogP contribution in [0.3, 0.4) is 0 Å². The van der Waals surface area contributed by atoms with Crippen LogP contribution in [0.1, 0.15) is 31.7 Å². The fourth-order valence-electron chi connectivity index (χ4n) is 3.71. The maximum atomic E-state index is 4.70. The maximum Gasteiger partial charge on any atom is 0.186 e. The van der Waals surface area contributed by atoms with Gasteiger partial charge in [-0.1, -0.05) is 25.0 Å². The van der Waals surface area contributed by atoms with E-state index in [1.54, 1.807) is 6.33 Å². The first-order chi connectivity index (χ1) is 11.4. The van der Waals surface area contributed by atoms with E-state index in [1.165, 1.54) is 25.7 Å². The van der Waals surface area contributed by atoms with Crippen LogP contribution in [0.5, 0.6) is 0 Å². The number of hydrogen-bond acceptors (Lipinski definition) is 5. The number of rotatable bonds is 2. The van der Waals surface area contributed by atoms with Gasteiger partial charge in [-0.05, 0) is 25.0 Å². The number of anilines is 3. The number of para-hydroxylation sites is 2. The number of benzene rings is 1. The molecule has 116 valence electrons. The lowest BCUT2D eigenvalue weighted by Crippen LogP contribution is -2.18. The zero-order valence-electron chi connectivity index (χ0n) is 12.8. The molecule has 0 radical (unpaired) electrons. The molecule has 1 aliphatic heterocycles. The van der Waals surface area contributed by atoms with Crippen LogP contribution >= 0.6 is 0 Å². The van der Waals surface area contributed by atoms with Crippen LogP contribution in [0.25, 0.3) is 11.0 Å². The zero-order chi connectivity index (χ0) is 15.2. The normalized spacial score (nSPS) is 17.7. The molecule has 1 fully saturated rings. The summed E-state index contributed by atoms with van der Waals surface area (Å²) in [7, 11) is 0. The second kappa shape index (κ2) is 4.94. The molecule has 0 bridgehead atoms. The van der Waals surface area contributed by atoms with E-state index in [1.807, 2.05) is 6.07 Å². The first kappa shape index (κ1) is 12.9. The molecule has 23 heavy (non-hydrogen) atoms. The predicted octanol–water partition coefficient (Wildman–Crippen LogP) is 3.46. The summed E-state index contributed by atoms with van der Waals surface area (Å²) in [6, 6.07) is 8.82. The Balaban J connectivity index is 1.62. The largest absolute Gasteiger partial charge is 0.366 e. The second-order valence-electron chi connectivity index (χ2n) is 6.26. The Morgan fingerprint density at radius 1 is 1.09 bits per heavy atom. The van der Waals surface area contributed by atoms with Gasteiger partial charge in [0.1, 0.15) is 12.1 Å². The lowest BCUT2D eigenvalue weighted by atomic mass is 10.2. The fourth-order valence-corrected chi connectivity index (χ4v) is 3.71. The van der Waals surface area contributed by atoms with Crippen molar-refractivity contribution < 1.29 is 0 Å². The third kappa shape index (κ3) is 1.98. The highest BCUT2D eigenvalue weighted by Gasteiger charge is 2.25. The molecular weight excluding hydrogens is 288 g/mol. The topological polar surface area (TPSA) is 58.9 Å². The molecule has 0 atom stereocenters. The molecule has 2 aromatic heterocycles. The van der Waals surface area contributed by atoms with E-state index in [-0.39, 0.29) is 0 Å². The van der Waals surface area contributed by atoms with E-state index in [9.17, 15) is 0 Å². The van der Waals surface area contributed by atoms with Crippen molar-refractivity contribution in [2.75, 3.05) is 16.9 Å². The van der Waals surface area contributed by atoms with Crippen molar-refractivity contribution in [3.63, 3.8) is 0 Å². The molecule has 3 aromatic rings. The van der Waals surface area contributed by atoms with Crippen molar-refractivity contribution in [2.45, 2.75) is 31.7 Å². The molecule has 2 aliphatic rings. The lowest BCUT2D eigenvalue weighted by Gasteiger charge is -2.17. The van der Waals surface area contributed by atoms with Gasteiger partial charge in [0.15, 0.2) is 5.65 Å². The number of aromatic nitrogens is 4.